The molecule has 1 aromatic carbocycles. The number of fused-ring (bicyclic) bond motifs is 1. The lowest BCUT2D eigenvalue weighted by molar-refractivity contribution is 0.312. The standard InChI is InChI=1S/C14H21N3/c1-16-7-9-17(10-8-16)14-4-2-3-12-11-15-6-5-13(12)14/h2-4,15H,5-11H2,1H3. The van der Waals surface area contributed by atoms with E-state index in [4.69, 9.17) is 0 Å². The number of hydrogen-bond donors (Lipinski definition) is 1. The highest BCUT2D eigenvalue weighted by atomic mass is 15.2. The Morgan fingerprint density at radius 2 is 1.94 bits per heavy atom. The second kappa shape index (κ2) is 4.67. The molecule has 3 rings (SSSR count). The molecule has 1 saturated heterocycles. The minimum atomic E-state index is 1.04. The maximum absolute atomic E-state index is 3.45. The highest BCUT2D eigenvalue weighted by Gasteiger charge is 2.19. The van der Waals surface area contributed by atoms with Crippen molar-refractivity contribution in [1.29, 1.82) is 0 Å². The van der Waals surface area contributed by atoms with Crippen LogP contribution >= 0.6 is 0 Å². The Bertz CT molecular complexity index is 394. The summed E-state index contributed by atoms with van der Waals surface area (Å²) in [5, 5.41) is 3.45. The van der Waals surface area contributed by atoms with Gasteiger partial charge in [-0.1, -0.05) is 12.1 Å². The van der Waals surface area contributed by atoms with Crippen LogP contribution in [0.1, 0.15) is 11.1 Å². The molecule has 3 heteroatoms. The lowest BCUT2D eigenvalue weighted by Crippen LogP contribution is -2.45. The van der Waals surface area contributed by atoms with E-state index in [9.17, 15) is 0 Å². The number of likely N-dealkylation sites (N-methyl/N-ethyl adjacent to an activating group) is 1. The molecule has 0 amide bonds. The number of hydrogen-bond acceptors (Lipinski definition) is 3. The van der Waals surface area contributed by atoms with Crippen molar-refractivity contribution in [3.05, 3.63) is 29.3 Å². The van der Waals surface area contributed by atoms with Gasteiger partial charge in [-0.2, -0.15) is 0 Å². The fourth-order valence-corrected chi connectivity index (χ4v) is 2.86. The molecule has 2 heterocycles. The molecule has 0 saturated carbocycles. The Labute approximate surface area is 103 Å². The van der Waals surface area contributed by atoms with Crippen LogP contribution in [0.3, 0.4) is 0 Å². The zero-order chi connectivity index (χ0) is 11.7. The van der Waals surface area contributed by atoms with Crippen LogP contribution in [0.4, 0.5) is 5.69 Å². The summed E-state index contributed by atoms with van der Waals surface area (Å²) in [7, 11) is 2.21. The molecular formula is C14H21N3. The van der Waals surface area contributed by atoms with Gasteiger partial charge < -0.3 is 15.1 Å². The van der Waals surface area contributed by atoms with Gasteiger partial charge in [0.1, 0.15) is 0 Å². The van der Waals surface area contributed by atoms with Gasteiger partial charge in [-0.3, -0.25) is 0 Å². The van der Waals surface area contributed by atoms with Crippen LogP contribution in [0.2, 0.25) is 0 Å². The molecule has 0 aromatic heterocycles. The molecule has 0 atom stereocenters. The molecule has 0 aliphatic carbocycles. The van der Waals surface area contributed by atoms with Crippen LogP contribution in [0.25, 0.3) is 0 Å². The molecule has 1 aromatic rings. The molecule has 0 radical (unpaired) electrons. The van der Waals surface area contributed by atoms with E-state index in [1.807, 2.05) is 0 Å². The molecule has 3 nitrogen and oxygen atoms in total. The number of benzene rings is 1. The van der Waals surface area contributed by atoms with Gasteiger partial charge in [0.15, 0.2) is 0 Å². The second-order valence-corrected chi connectivity index (χ2v) is 5.13. The average molecular weight is 231 g/mol. The monoisotopic (exact) mass is 231 g/mol. The summed E-state index contributed by atoms with van der Waals surface area (Å²) in [6.45, 7) is 6.86. The van der Waals surface area contributed by atoms with E-state index in [1.54, 1.807) is 5.56 Å². The van der Waals surface area contributed by atoms with Gasteiger partial charge >= 0.3 is 0 Å². The summed E-state index contributed by atoms with van der Waals surface area (Å²) in [5.74, 6) is 0. The van der Waals surface area contributed by atoms with Crippen LogP contribution in [0, 0.1) is 0 Å². The number of anilines is 1. The van der Waals surface area contributed by atoms with E-state index in [2.05, 4.69) is 40.4 Å². The van der Waals surface area contributed by atoms with Crippen molar-refractivity contribution in [2.45, 2.75) is 13.0 Å². The van der Waals surface area contributed by atoms with Crippen molar-refractivity contribution in [3.8, 4) is 0 Å². The smallest absolute Gasteiger partial charge is 0.0403 e. The zero-order valence-electron chi connectivity index (χ0n) is 10.6. The minimum Gasteiger partial charge on any atom is -0.369 e. The number of nitrogens with one attached hydrogen (secondary N) is 1. The molecule has 1 fully saturated rings. The highest BCUT2D eigenvalue weighted by molar-refractivity contribution is 5.58. The molecule has 2 aliphatic heterocycles. The predicted octanol–water partition coefficient (Wildman–Crippen LogP) is 1.08. The Kier molecular flexibility index (Phi) is 3.04. The van der Waals surface area contributed by atoms with Gasteiger partial charge in [0, 0.05) is 38.4 Å². The van der Waals surface area contributed by atoms with Crippen molar-refractivity contribution in [1.82, 2.24) is 10.2 Å². The molecule has 1 N–H and O–H groups in total. The molecule has 0 spiro atoms. The van der Waals surface area contributed by atoms with E-state index in [-0.39, 0.29) is 0 Å². The van der Waals surface area contributed by atoms with E-state index in [0.717, 1.165) is 13.1 Å². The summed E-state index contributed by atoms with van der Waals surface area (Å²) < 4.78 is 0. The number of nitrogens with zero attached hydrogens (tertiary/aromatic N) is 2. The van der Waals surface area contributed by atoms with Gasteiger partial charge in [-0.15, -0.1) is 0 Å². The van der Waals surface area contributed by atoms with E-state index in [1.165, 1.54) is 43.9 Å². The first-order valence-corrected chi connectivity index (χ1v) is 6.59. The van der Waals surface area contributed by atoms with Gasteiger partial charge in [0.25, 0.3) is 0 Å². The Balaban J connectivity index is 1.87. The number of rotatable bonds is 1. The van der Waals surface area contributed by atoms with Crippen molar-refractivity contribution >= 4 is 5.69 Å². The highest BCUT2D eigenvalue weighted by Crippen LogP contribution is 2.27. The largest absolute Gasteiger partial charge is 0.369 e. The molecule has 92 valence electrons. The van der Waals surface area contributed by atoms with Crippen molar-refractivity contribution in [3.63, 3.8) is 0 Å². The van der Waals surface area contributed by atoms with Crippen LogP contribution in [0.15, 0.2) is 18.2 Å². The maximum atomic E-state index is 3.45. The molecule has 17 heavy (non-hydrogen) atoms. The predicted molar refractivity (Wildman–Crippen MR) is 71.6 cm³/mol. The topological polar surface area (TPSA) is 18.5 Å². The quantitative estimate of drug-likeness (QED) is 0.780. The fraction of sp³-hybridized carbons (Fsp3) is 0.571. The van der Waals surface area contributed by atoms with Gasteiger partial charge in [-0.05, 0) is 37.2 Å². The SMILES string of the molecule is CN1CCN(c2cccc3c2CCNC3)CC1. The summed E-state index contributed by atoms with van der Waals surface area (Å²) in [6, 6.07) is 6.77. The van der Waals surface area contributed by atoms with Crippen molar-refractivity contribution in [2.24, 2.45) is 0 Å². The van der Waals surface area contributed by atoms with Crippen LogP contribution in [-0.4, -0.2) is 44.7 Å². The molecule has 0 unspecified atom stereocenters. The summed E-state index contributed by atoms with van der Waals surface area (Å²) in [4.78, 5) is 4.97. The van der Waals surface area contributed by atoms with Crippen molar-refractivity contribution < 1.29 is 0 Å². The number of piperazine rings is 1. The third-order valence-electron chi connectivity index (χ3n) is 3.96. The third kappa shape index (κ3) is 2.17. The summed E-state index contributed by atoms with van der Waals surface area (Å²) >= 11 is 0. The van der Waals surface area contributed by atoms with Gasteiger partial charge in [-0.25, -0.2) is 0 Å². The zero-order valence-corrected chi connectivity index (χ0v) is 10.6. The lowest BCUT2D eigenvalue weighted by Gasteiger charge is -2.36. The summed E-state index contributed by atoms with van der Waals surface area (Å²) in [5.41, 5.74) is 4.56. The van der Waals surface area contributed by atoms with Crippen LogP contribution < -0.4 is 10.2 Å². The van der Waals surface area contributed by atoms with Crippen LogP contribution in [-0.2, 0) is 13.0 Å². The molecule has 2 aliphatic rings. The first kappa shape index (κ1) is 11.1. The molecular weight excluding hydrogens is 210 g/mol. The van der Waals surface area contributed by atoms with Gasteiger partial charge in [0.05, 0.1) is 0 Å². The van der Waals surface area contributed by atoms with E-state index < -0.39 is 0 Å². The van der Waals surface area contributed by atoms with Crippen molar-refractivity contribution in [2.75, 3.05) is 44.7 Å². The van der Waals surface area contributed by atoms with E-state index in [0.29, 0.717) is 0 Å². The Morgan fingerprint density at radius 1 is 1.12 bits per heavy atom. The fourth-order valence-electron chi connectivity index (χ4n) is 2.86. The average Bonchev–Trinajstić information content (AvgIpc) is 2.39. The molecule has 0 bridgehead atoms. The summed E-state index contributed by atoms with van der Waals surface area (Å²) in [6.07, 6.45) is 1.18. The first-order chi connectivity index (χ1) is 8.34. The Morgan fingerprint density at radius 3 is 2.76 bits per heavy atom. The maximum Gasteiger partial charge on any atom is 0.0403 e. The minimum absolute atomic E-state index is 1.04. The van der Waals surface area contributed by atoms with Crippen LogP contribution in [0.5, 0.6) is 0 Å². The second-order valence-electron chi connectivity index (χ2n) is 5.13. The third-order valence-corrected chi connectivity index (χ3v) is 3.96. The first-order valence-electron chi connectivity index (χ1n) is 6.59. The van der Waals surface area contributed by atoms with Gasteiger partial charge in [0.2, 0.25) is 0 Å². The lowest BCUT2D eigenvalue weighted by atomic mass is 9.98. The normalized spacial score (nSPS) is 21.4. The van der Waals surface area contributed by atoms with E-state index >= 15 is 0 Å². The Hall–Kier alpha value is -1.06.